The summed E-state index contributed by atoms with van der Waals surface area (Å²) in [5, 5.41) is 5.22. The van der Waals surface area contributed by atoms with E-state index in [4.69, 9.17) is 0 Å². The predicted octanol–water partition coefficient (Wildman–Crippen LogP) is 2.34. The molecule has 112 valence electrons. The number of nitrogens with zero attached hydrogens (tertiary/aromatic N) is 1. The Morgan fingerprint density at radius 1 is 1.29 bits per heavy atom. The lowest BCUT2D eigenvalue weighted by molar-refractivity contribution is -0.136. The van der Waals surface area contributed by atoms with E-state index in [-0.39, 0.29) is 0 Å². The molecule has 0 aliphatic heterocycles. The van der Waals surface area contributed by atoms with Gasteiger partial charge in [-0.25, -0.2) is 0 Å². The Kier molecular flexibility index (Phi) is 5.49. The zero-order valence-electron chi connectivity index (χ0n) is 12.3. The van der Waals surface area contributed by atoms with Gasteiger partial charge in [-0.2, -0.15) is 0 Å². The molecule has 1 heterocycles. The Morgan fingerprint density at radius 3 is 2.86 bits per heavy atom. The zero-order chi connectivity index (χ0) is 15.1. The minimum atomic E-state index is -0.641. The van der Waals surface area contributed by atoms with Gasteiger partial charge in [-0.1, -0.05) is 11.6 Å². The highest BCUT2D eigenvalue weighted by Crippen LogP contribution is 2.19. The molecule has 5 nitrogen and oxygen atoms in total. The molecule has 2 amide bonds. The molecular formula is C16H21N3O2. The summed E-state index contributed by atoms with van der Waals surface area (Å²) >= 11 is 0. The highest BCUT2D eigenvalue weighted by molar-refractivity contribution is 6.39. The van der Waals surface area contributed by atoms with Gasteiger partial charge in [0.2, 0.25) is 0 Å². The normalized spacial score (nSPS) is 14.2. The first kappa shape index (κ1) is 15.2. The second kappa shape index (κ2) is 7.57. The summed E-state index contributed by atoms with van der Waals surface area (Å²) in [6.07, 6.45) is 9.38. The Bertz CT molecular complexity index is 552. The molecular weight excluding hydrogens is 266 g/mol. The van der Waals surface area contributed by atoms with Crippen LogP contribution in [0.2, 0.25) is 0 Å². The zero-order valence-corrected chi connectivity index (χ0v) is 12.3. The summed E-state index contributed by atoms with van der Waals surface area (Å²) in [7, 11) is 0. The van der Waals surface area contributed by atoms with Gasteiger partial charge in [0, 0.05) is 24.1 Å². The smallest absolute Gasteiger partial charge is 0.313 e. The van der Waals surface area contributed by atoms with Crippen LogP contribution in [-0.2, 0) is 9.59 Å². The monoisotopic (exact) mass is 287 g/mol. The first-order valence-electron chi connectivity index (χ1n) is 7.35. The number of hydrogen-bond donors (Lipinski definition) is 2. The van der Waals surface area contributed by atoms with Crippen molar-refractivity contribution in [1.29, 1.82) is 0 Å². The van der Waals surface area contributed by atoms with Crippen molar-refractivity contribution in [2.75, 3.05) is 11.9 Å². The lowest BCUT2D eigenvalue weighted by Crippen LogP contribution is -2.36. The Balaban J connectivity index is 1.75. The molecule has 0 radical (unpaired) electrons. The molecule has 0 aromatic carbocycles. The second-order valence-electron chi connectivity index (χ2n) is 5.25. The molecule has 2 N–H and O–H groups in total. The number of nitrogens with one attached hydrogen (secondary N) is 2. The van der Waals surface area contributed by atoms with Gasteiger partial charge in [-0.3, -0.25) is 14.6 Å². The molecule has 0 atom stereocenters. The number of rotatable bonds is 4. The molecule has 0 saturated carbocycles. The molecule has 0 fully saturated rings. The molecule has 5 heteroatoms. The Labute approximate surface area is 124 Å². The van der Waals surface area contributed by atoms with Crippen LogP contribution < -0.4 is 10.6 Å². The summed E-state index contributed by atoms with van der Waals surface area (Å²) < 4.78 is 0. The number of hydrogen-bond acceptors (Lipinski definition) is 3. The van der Waals surface area contributed by atoms with Crippen LogP contribution in [0.5, 0.6) is 0 Å². The van der Waals surface area contributed by atoms with Gasteiger partial charge in [0.15, 0.2) is 0 Å². The van der Waals surface area contributed by atoms with Crippen molar-refractivity contribution in [3.05, 3.63) is 35.7 Å². The maximum atomic E-state index is 11.7. The van der Waals surface area contributed by atoms with Crippen molar-refractivity contribution in [3.63, 3.8) is 0 Å². The molecule has 0 unspecified atom stereocenters. The first-order chi connectivity index (χ1) is 10.1. The quantitative estimate of drug-likeness (QED) is 0.659. The van der Waals surface area contributed by atoms with E-state index in [1.54, 1.807) is 18.3 Å². The van der Waals surface area contributed by atoms with E-state index in [1.807, 2.05) is 6.92 Å². The fourth-order valence-corrected chi connectivity index (χ4v) is 2.36. The topological polar surface area (TPSA) is 71.1 Å². The van der Waals surface area contributed by atoms with E-state index in [0.717, 1.165) is 25.0 Å². The van der Waals surface area contributed by atoms with E-state index in [9.17, 15) is 9.59 Å². The van der Waals surface area contributed by atoms with Gasteiger partial charge in [0.25, 0.3) is 0 Å². The predicted molar refractivity (Wildman–Crippen MR) is 81.8 cm³/mol. The minimum Gasteiger partial charge on any atom is -0.348 e. The lowest BCUT2D eigenvalue weighted by Gasteiger charge is -2.12. The third-order valence-corrected chi connectivity index (χ3v) is 3.48. The highest BCUT2D eigenvalue weighted by Gasteiger charge is 2.13. The Morgan fingerprint density at radius 2 is 2.14 bits per heavy atom. The maximum absolute atomic E-state index is 11.7. The van der Waals surface area contributed by atoms with E-state index in [2.05, 4.69) is 21.7 Å². The van der Waals surface area contributed by atoms with Crippen LogP contribution in [0.15, 0.2) is 30.0 Å². The van der Waals surface area contributed by atoms with Crippen LogP contribution in [0.3, 0.4) is 0 Å². The second-order valence-corrected chi connectivity index (χ2v) is 5.25. The Hall–Kier alpha value is -2.17. The van der Waals surface area contributed by atoms with Gasteiger partial charge < -0.3 is 10.6 Å². The van der Waals surface area contributed by atoms with Crippen LogP contribution >= 0.6 is 0 Å². The summed E-state index contributed by atoms with van der Waals surface area (Å²) in [5.74, 6) is -1.24. The molecule has 0 bridgehead atoms. The van der Waals surface area contributed by atoms with Crippen molar-refractivity contribution in [2.24, 2.45) is 0 Å². The van der Waals surface area contributed by atoms with Crippen LogP contribution in [0, 0.1) is 6.92 Å². The third kappa shape index (κ3) is 5.02. The van der Waals surface area contributed by atoms with Crippen molar-refractivity contribution in [1.82, 2.24) is 10.3 Å². The van der Waals surface area contributed by atoms with E-state index in [0.29, 0.717) is 12.2 Å². The van der Waals surface area contributed by atoms with E-state index >= 15 is 0 Å². The average Bonchev–Trinajstić information content (AvgIpc) is 2.48. The SMILES string of the molecule is Cc1cc(NC(=O)C(=O)NCCC2=CCCCC2)ccn1. The number of carbonyl (C=O) groups is 2. The molecule has 1 aromatic heterocycles. The van der Waals surface area contributed by atoms with Gasteiger partial charge in [-0.15, -0.1) is 0 Å². The molecule has 21 heavy (non-hydrogen) atoms. The number of anilines is 1. The summed E-state index contributed by atoms with van der Waals surface area (Å²) in [6, 6.07) is 3.38. The summed E-state index contributed by atoms with van der Waals surface area (Å²) in [5.41, 5.74) is 2.75. The van der Waals surface area contributed by atoms with Crippen LogP contribution in [0.4, 0.5) is 5.69 Å². The molecule has 2 rings (SSSR count). The van der Waals surface area contributed by atoms with E-state index in [1.165, 1.54) is 18.4 Å². The van der Waals surface area contributed by atoms with Gasteiger partial charge in [0.05, 0.1) is 0 Å². The highest BCUT2D eigenvalue weighted by atomic mass is 16.2. The molecule has 1 aromatic rings. The molecule has 0 saturated heterocycles. The number of aromatic nitrogens is 1. The minimum absolute atomic E-state index is 0.507. The largest absolute Gasteiger partial charge is 0.348 e. The first-order valence-corrected chi connectivity index (χ1v) is 7.35. The molecule has 1 aliphatic carbocycles. The van der Waals surface area contributed by atoms with Gasteiger partial charge in [0.1, 0.15) is 0 Å². The number of aryl methyl sites for hydroxylation is 1. The number of pyridine rings is 1. The van der Waals surface area contributed by atoms with Crippen molar-refractivity contribution >= 4 is 17.5 Å². The van der Waals surface area contributed by atoms with E-state index < -0.39 is 11.8 Å². The third-order valence-electron chi connectivity index (χ3n) is 3.48. The molecule has 0 spiro atoms. The van der Waals surface area contributed by atoms with Crippen molar-refractivity contribution in [3.8, 4) is 0 Å². The fourth-order valence-electron chi connectivity index (χ4n) is 2.36. The van der Waals surface area contributed by atoms with Crippen LogP contribution in [0.1, 0.15) is 37.8 Å². The fraction of sp³-hybridized carbons (Fsp3) is 0.438. The summed E-state index contributed by atoms with van der Waals surface area (Å²) in [6.45, 7) is 2.33. The van der Waals surface area contributed by atoms with Crippen LogP contribution in [-0.4, -0.2) is 23.3 Å². The van der Waals surface area contributed by atoms with Crippen molar-refractivity contribution in [2.45, 2.75) is 39.0 Å². The maximum Gasteiger partial charge on any atom is 0.313 e. The van der Waals surface area contributed by atoms with Crippen molar-refractivity contribution < 1.29 is 9.59 Å². The standard InChI is InChI=1S/C16H21N3O2/c1-12-11-14(8-10-17-12)19-16(21)15(20)18-9-7-13-5-3-2-4-6-13/h5,8,10-11H,2-4,6-7,9H2,1H3,(H,18,20)(H,17,19,21). The van der Waals surface area contributed by atoms with Gasteiger partial charge >= 0.3 is 11.8 Å². The molecule has 1 aliphatic rings. The number of amides is 2. The van der Waals surface area contributed by atoms with Crippen LogP contribution in [0.25, 0.3) is 0 Å². The summed E-state index contributed by atoms with van der Waals surface area (Å²) in [4.78, 5) is 27.5. The average molecular weight is 287 g/mol. The lowest BCUT2D eigenvalue weighted by atomic mass is 9.97. The van der Waals surface area contributed by atoms with Gasteiger partial charge in [-0.05, 0) is 51.2 Å². The number of allylic oxidation sites excluding steroid dienone is 1. The number of carbonyl (C=O) groups excluding carboxylic acids is 2.